The van der Waals surface area contributed by atoms with E-state index in [0.29, 0.717) is 12.8 Å². The van der Waals surface area contributed by atoms with E-state index in [4.69, 9.17) is 27.9 Å². The van der Waals surface area contributed by atoms with Crippen molar-refractivity contribution in [2.24, 2.45) is 17.8 Å². The maximum Gasteiger partial charge on any atom is 0.408 e. The molecule has 3 aliphatic rings. The number of hydrogen-bond acceptors (Lipinski definition) is 6. The molecular weight excluding hydrogens is 571 g/mol. The van der Waals surface area contributed by atoms with Gasteiger partial charge in [0.25, 0.3) is 5.91 Å². The first-order valence-electron chi connectivity index (χ1n) is 14.4. The molecule has 2 aliphatic carbocycles. The Morgan fingerprint density at radius 2 is 1.68 bits per heavy atom. The fourth-order valence-corrected chi connectivity index (χ4v) is 6.71. The first-order valence-corrected chi connectivity index (χ1v) is 15.2. The van der Waals surface area contributed by atoms with E-state index in [1.165, 1.54) is 4.90 Å². The van der Waals surface area contributed by atoms with E-state index in [1.54, 1.807) is 26.0 Å². The summed E-state index contributed by atoms with van der Waals surface area (Å²) in [6.45, 7) is 11.1. The van der Waals surface area contributed by atoms with Gasteiger partial charge in [0.2, 0.25) is 17.6 Å². The summed E-state index contributed by atoms with van der Waals surface area (Å²) < 4.78 is 4.06. The fourth-order valence-electron chi connectivity index (χ4n) is 5.88. The molecule has 3 fully saturated rings. The average Bonchev–Trinajstić information content (AvgIpc) is 3.24. The number of likely N-dealkylation sites (tertiary alicyclic amines) is 1. The predicted molar refractivity (Wildman–Crippen MR) is 156 cm³/mol. The number of piperidine rings is 1. The van der Waals surface area contributed by atoms with Gasteiger partial charge in [-0.2, -0.15) is 0 Å². The number of ketones is 1. The summed E-state index contributed by atoms with van der Waals surface area (Å²) in [6.07, 6.45) is 7.55. The van der Waals surface area contributed by atoms with Gasteiger partial charge < -0.3 is 25.6 Å². The average molecular weight is 614 g/mol. The van der Waals surface area contributed by atoms with E-state index in [0.717, 1.165) is 32.1 Å². The minimum Gasteiger partial charge on any atom is -0.447 e. The number of halogens is 2. The third-order valence-corrected chi connectivity index (χ3v) is 9.10. The summed E-state index contributed by atoms with van der Waals surface area (Å²) >= 11 is 13.0. The number of alkyl carbamates (subject to hydrolysis) is 1. The van der Waals surface area contributed by atoms with Gasteiger partial charge in [-0.3, -0.25) is 19.2 Å². The summed E-state index contributed by atoms with van der Waals surface area (Å²) in [5.74, 6) is -3.67. The van der Waals surface area contributed by atoms with Crippen molar-refractivity contribution in [3.63, 3.8) is 0 Å². The molecule has 12 heteroatoms. The van der Waals surface area contributed by atoms with Crippen LogP contribution >= 0.6 is 23.2 Å². The summed E-state index contributed by atoms with van der Waals surface area (Å²) in [5, 5.41) is 7.97. The highest BCUT2D eigenvalue weighted by Crippen LogP contribution is 2.65. The quantitative estimate of drug-likeness (QED) is 0.119. The van der Waals surface area contributed by atoms with Crippen LogP contribution in [0.25, 0.3) is 0 Å². The number of carbonyl (C=O) groups excluding carboxylic acids is 5. The van der Waals surface area contributed by atoms with Gasteiger partial charge in [0.1, 0.15) is 16.4 Å². The number of nitrogens with zero attached hydrogens (tertiary/aromatic N) is 1. The highest BCUT2D eigenvalue weighted by molar-refractivity contribution is 6.51. The maximum absolute atomic E-state index is 14.0. The normalized spacial score (nSPS) is 24.4. The number of ether oxygens (including phenoxy) is 1. The van der Waals surface area contributed by atoms with Crippen LogP contribution in [0, 0.1) is 17.8 Å². The molecular formula is C29H42Cl2N4O6. The Kier molecular flexibility index (Phi) is 11.7. The molecule has 1 heterocycles. The monoisotopic (exact) mass is 612 g/mol. The van der Waals surface area contributed by atoms with E-state index >= 15 is 0 Å². The molecule has 3 N–H and O–H groups in total. The number of nitrogens with one attached hydrogen (secondary N) is 3. The highest BCUT2D eigenvalue weighted by atomic mass is 35.5. The molecule has 228 valence electrons. The zero-order chi connectivity index (χ0) is 30.3. The molecule has 41 heavy (non-hydrogen) atoms. The molecule has 0 aromatic heterocycles. The van der Waals surface area contributed by atoms with E-state index < -0.39 is 58.0 Å². The molecule has 0 radical (unpaired) electrons. The number of Topliss-reactive ketones (excluding diaryl/α,β-unsaturated/α-hetero) is 1. The molecule has 0 bridgehead atoms. The van der Waals surface area contributed by atoms with Crippen molar-refractivity contribution in [3.05, 3.63) is 25.3 Å². The largest absolute Gasteiger partial charge is 0.447 e. The van der Waals surface area contributed by atoms with Crippen molar-refractivity contribution < 1.29 is 28.7 Å². The van der Waals surface area contributed by atoms with Crippen LogP contribution in [0.5, 0.6) is 0 Å². The molecule has 1 saturated heterocycles. The molecule has 2 saturated carbocycles. The topological polar surface area (TPSA) is 134 Å². The van der Waals surface area contributed by atoms with Gasteiger partial charge in [-0.1, -0.05) is 31.4 Å². The number of hydrogen-bond donors (Lipinski definition) is 3. The molecule has 4 unspecified atom stereocenters. The summed E-state index contributed by atoms with van der Waals surface area (Å²) in [4.78, 5) is 67.3. The van der Waals surface area contributed by atoms with Crippen molar-refractivity contribution in [2.75, 3.05) is 13.1 Å². The Morgan fingerprint density at radius 3 is 2.29 bits per heavy atom. The van der Waals surface area contributed by atoms with Crippen LogP contribution in [0.2, 0.25) is 0 Å². The van der Waals surface area contributed by atoms with Crippen molar-refractivity contribution in [3.8, 4) is 0 Å². The van der Waals surface area contributed by atoms with Crippen molar-refractivity contribution in [2.45, 2.75) is 93.8 Å². The molecule has 0 aromatic rings. The number of rotatable bonds is 14. The van der Waals surface area contributed by atoms with Crippen LogP contribution in [0.15, 0.2) is 25.3 Å². The standard InChI is InChI=1S/C29H42Cl2N4O6/c1-5-7-14-20(24(36)26(38)32-15-8-6-2)33-25(37)23-21-19(29(21,30)31)16-35(23)27(39)22(18-12-10-9-11-13-18)34-28(40)41-17(3)4/h5-6,17-23H,1-2,7-16H2,3-4H3,(H,32,38)(H,33,37)(H,34,40)/t19?,20?,21?,22?,23-/m0/s1. The van der Waals surface area contributed by atoms with E-state index in [2.05, 4.69) is 29.1 Å². The third kappa shape index (κ3) is 8.03. The number of amides is 4. The summed E-state index contributed by atoms with van der Waals surface area (Å²) in [5.41, 5.74) is 0. The third-order valence-electron chi connectivity index (χ3n) is 8.04. The van der Waals surface area contributed by atoms with E-state index in [1.807, 2.05) is 0 Å². The molecule has 0 spiro atoms. The number of carbonyl (C=O) groups is 5. The summed E-state index contributed by atoms with van der Waals surface area (Å²) in [6, 6.07) is -3.09. The molecule has 5 atom stereocenters. The molecule has 1 aliphatic heterocycles. The number of fused-ring (bicyclic) bond motifs is 1. The van der Waals surface area contributed by atoms with Gasteiger partial charge in [-0.25, -0.2) is 4.79 Å². The molecule has 0 aromatic carbocycles. The van der Waals surface area contributed by atoms with Gasteiger partial charge in [-0.15, -0.1) is 36.4 Å². The van der Waals surface area contributed by atoms with E-state index in [-0.39, 0.29) is 37.5 Å². The van der Waals surface area contributed by atoms with Crippen LogP contribution in [0.3, 0.4) is 0 Å². The van der Waals surface area contributed by atoms with Gasteiger partial charge in [0.15, 0.2) is 0 Å². The van der Waals surface area contributed by atoms with Crippen LogP contribution in [-0.4, -0.2) is 76.2 Å². The minimum absolute atomic E-state index is 0.116. The fraction of sp³-hybridized carbons (Fsp3) is 0.690. The second kappa shape index (κ2) is 14.5. The first-order chi connectivity index (χ1) is 19.4. The Labute approximate surface area is 251 Å². The Hall–Kier alpha value is -2.59. The van der Waals surface area contributed by atoms with Gasteiger partial charge in [-0.05, 0) is 51.9 Å². The number of alkyl halides is 2. The van der Waals surface area contributed by atoms with Gasteiger partial charge >= 0.3 is 6.09 Å². The zero-order valence-electron chi connectivity index (χ0n) is 23.8. The van der Waals surface area contributed by atoms with Crippen LogP contribution < -0.4 is 16.0 Å². The van der Waals surface area contributed by atoms with Gasteiger partial charge in [0.05, 0.1) is 12.1 Å². The highest BCUT2D eigenvalue weighted by Gasteiger charge is 2.74. The summed E-state index contributed by atoms with van der Waals surface area (Å²) in [7, 11) is 0. The lowest BCUT2D eigenvalue weighted by molar-refractivity contribution is -0.144. The van der Waals surface area contributed by atoms with Crippen molar-refractivity contribution in [1.29, 1.82) is 0 Å². The Balaban J connectivity index is 1.82. The second-order valence-electron chi connectivity index (χ2n) is 11.3. The second-order valence-corrected chi connectivity index (χ2v) is 12.8. The minimum atomic E-state index is -1.20. The lowest BCUT2D eigenvalue weighted by Crippen LogP contribution is -2.59. The van der Waals surface area contributed by atoms with Crippen molar-refractivity contribution >= 4 is 52.8 Å². The number of allylic oxidation sites excluding steroid dienone is 1. The van der Waals surface area contributed by atoms with Gasteiger partial charge in [0, 0.05) is 24.9 Å². The maximum atomic E-state index is 14.0. The van der Waals surface area contributed by atoms with Crippen molar-refractivity contribution in [1.82, 2.24) is 20.9 Å². The zero-order valence-corrected chi connectivity index (χ0v) is 25.3. The predicted octanol–water partition coefficient (Wildman–Crippen LogP) is 3.41. The van der Waals surface area contributed by atoms with Crippen LogP contribution in [0.1, 0.15) is 65.2 Å². The smallest absolute Gasteiger partial charge is 0.408 e. The van der Waals surface area contributed by atoms with Crippen LogP contribution in [0.4, 0.5) is 4.79 Å². The Bertz CT molecular complexity index is 1030. The SMILES string of the molecule is C=CCCNC(=O)C(=O)C(CCC=C)NC(=O)[C@@H]1C2C(CN1C(=O)C(NC(=O)OC(C)C)C1CCCCC1)C2(Cl)Cl. The molecule has 4 amide bonds. The molecule has 3 rings (SSSR count). The van der Waals surface area contributed by atoms with E-state index in [9.17, 15) is 24.0 Å². The van der Waals surface area contributed by atoms with Crippen LogP contribution in [-0.2, 0) is 23.9 Å². The lowest BCUT2D eigenvalue weighted by atomic mass is 9.83. The first kappa shape index (κ1) is 32.9. The lowest BCUT2D eigenvalue weighted by Gasteiger charge is -2.36. The molecule has 10 nitrogen and oxygen atoms in total. The Morgan fingerprint density at radius 1 is 1.02 bits per heavy atom.